The largest absolute Gasteiger partial charge is 0.508 e. The minimum absolute atomic E-state index is 0.145. The predicted molar refractivity (Wildman–Crippen MR) is 130 cm³/mol. The fourth-order valence-corrected chi connectivity index (χ4v) is 5.97. The first-order chi connectivity index (χ1) is 17.1. The second-order valence-electron chi connectivity index (χ2n) is 8.25. The van der Waals surface area contributed by atoms with Crippen LogP contribution in [0.4, 0.5) is 0 Å². The number of hydrogen-bond donors (Lipinski definition) is 8. The van der Waals surface area contributed by atoms with Gasteiger partial charge in [0, 0.05) is 37.3 Å². The minimum atomic E-state index is -4.75. The van der Waals surface area contributed by atoms with Gasteiger partial charge in [0.25, 0.3) is 20.2 Å². The summed E-state index contributed by atoms with van der Waals surface area (Å²) in [6.45, 7) is -1.60. The molecular weight excluding hydrogens is 594 g/mol. The second kappa shape index (κ2) is 12.1. The Morgan fingerprint density at radius 1 is 0.632 bits per heavy atom. The molecule has 8 N–H and O–H groups in total. The van der Waals surface area contributed by atoms with Crippen LogP contribution >= 0.6 is 15.2 Å². The normalized spacial score (nSPS) is 13.4. The Labute approximate surface area is 217 Å². The number of phenolic OH excluding ortho intramolecular Hbond substituents is 2. The molecule has 2 aromatic rings. The third kappa shape index (κ3) is 10.7. The van der Waals surface area contributed by atoms with Crippen LogP contribution in [0.15, 0.2) is 46.2 Å². The van der Waals surface area contributed by atoms with E-state index in [1.165, 1.54) is 0 Å². The van der Waals surface area contributed by atoms with Crippen LogP contribution in [-0.4, -0.2) is 91.2 Å². The average Bonchev–Trinajstić information content (AvgIpc) is 2.71. The van der Waals surface area contributed by atoms with Gasteiger partial charge in [-0.2, -0.15) is 16.8 Å². The zero-order chi connectivity index (χ0) is 29.1. The SMILES string of the molecule is O=P(O)(O)CN(CCN(Cc1cc(S(=O)(=O)O)ccc1O)CP(=O)(O)O)Cc1cc(S(=O)(=O)O)ccc1O. The molecule has 0 aliphatic rings. The van der Waals surface area contributed by atoms with Crippen molar-refractivity contribution in [2.75, 3.05) is 25.7 Å². The summed E-state index contributed by atoms with van der Waals surface area (Å²) in [6.07, 6.45) is -1.84. The van der Waals surface area contributed by atoms with Crippen LogP contribution in [0.3, 0.4) is 0 Å². The summed E-state index contributed by atoms with van der Waals surface area (Å²) in [4.78, 5) is 38.8. The van der Waals surface area contributed by atoms with Gasteiger partial charge in [-0.05, 0) is 36.4 Å². The zero-order valence-corrected chi connectivity index (χ0v) is 22.8. The Bertz CT molecular complexity index is 1360. The van der Waals surface area contributed by atoms with E-state index in [1.54, 1.807) is 0 Å². The third-order valence-electron chi connectivity index (χ3n) is 4.99. The topological polar surface area (TPSA) is 271 Å². The highest BCUT2D eigenvalue weighted by Crippen LogP contribution is 2.38. The second-order valence-corrected chi connectivity index (χ2v) is 14.3. The van der Waals surface area contributed by atoms with E-state index < -0.39 is 82.4 Å². The molecule has 0 saturated heterocycles. The molecule has 0 spiro atoms. The highest BCUT2D eigenvalue weighted by molar-refractivity contribution is 7.86. The summed E-state index contributed by atoms with van der Waals surface area (Å²) in [5, 5.41) is 20.2. The van der Waals surface area contributed by atoms with Gasteiger partial charge in [-0.25, -0.2) is 0 Å². The van der Waals surface area contributed by atoms with Crippen molar-refractivity contribution in [3.63, 3.8) is 0 Å². The lowest BCUT2D eigenvalue weighted by Gasteiger charge is -2.28. The maximum Gasteiger partial charge on any atom is 0.339 e. The number of benzene rings is 2. The zero-order valence-electron chi connectivity index (χ0n) is 19.3. The Kier molecular flexibility index (Phi) is 10.3. The molecule has 0 amide bonds. The molecule has 2 aromatic carbocycles. The molecule has 0 fully saturated rings. The average molecular weight is 620 g/mol. The molecule has 214 valence electrons. The first-order valence-corrected chi connectivity index (χ1v) is 16.7. The van der Waals surface area contributed by atoms with E-state index in [0.29, 0.717) is 0 Å². The number of nitrogens with zero attached hydrogens (tertiary/aromatic N) is 2. The lowest BCUT2D eigenvalue weighted by atomic mass is 10.2. The van der Waals surface area contributed by atoms with Crippen molar-refractivity contribution in [3.8, 4) is 11.5 Å². The molecule has 0 unspecified atom stereocenters. The van der Waals surface area contributed by atoms with E-state index >= 15 is 0 Å². The van der Waals surface area contributed by atoms with Crippen LogP contribution in [0, 0.1) is 0 Å². The molecule has 0 heterocycles. The van der Waals surface area contributed by atoms with Crippen molar-refractivity contribution in [2.24, 2.45) is 0 Å². The van der Waals surface area contributed by atoms with Crippen molar-refractivity contribution < 1.29 is 64.9 Å². The molecule has 20 heteroatoms. The fraction of sp³-hybridized carbons (Fsp3) is 0.333. The van der Waals surface area contributed by atoms with Gasteiger partial charge < -0.3 is 29.8 Å². The van der Waals surface area contributed by atoms with Crippen molar-refractivity contribution >= 4 is 35.4 Å². The standard InChI is InChI=1S/C18H26N2O14P2S2/c21-17-3-1-15(37(29,30)31)7-13(17)9-19(11-35(23,24)25)5-6-20(12-36(26,27)28)10-14-8-16(38(32,33)34)2-4-18(14)22/h1-4,7-8,21-22H,5-6,9-12H2,(H2,23,24,25)(H2,26,27,28)(H,29,30,31)(H,32,33,34). The van der Waals surface area contributed by atoms with Gasteiger partial charge in [-0.15, -0.1) is 0 Å². The highest BCUT2D eigenvalue weighted by Gasteiger charge is 2.25. The van der Waals surface area contributed by atoms with Gasteiger partial charge in [-0.1, -0.05) is 0 Å². The van der Waals surface area contributed by atoms with Crippen LogP contribution in [0.1, 0.15) is 11.1 Å². The maximum atomic E-state index is 11.7. The van der Waals surface area contributed by atoms with E-state index in [1.807, 2.05) is 0 Å². The molecule has 16 nitrogen and oxygen atoms in total. The first kappa shape index (κ1) is 32.3. The predicted octanol–water partition coefficient (Wildman–Crippen LogP) is 0.166. The van der Waals surface area contributed by atoms with E-state index in [-0.39, 0.29) is 24.2 Å². The Morgan fingerprint density at radius 2 is 0.947 bits per heavy atom. The molecule has 0 aromatic heterocycles. The monoisotopic (exact) mass is 620 g/mol. The van der Waals surface area contributed by atoms with E-state index in [9.17, 15) is 64.9 Å². The fourth-order valence-electron chi connectivity index (χ4n) is 3.38. The van der Waals surface area contributed by atoms with Crippen LogP contribution in [0.5, 0.6) is 11.5 Å². The molecule has 2 rings (SSSR count). The van der Waals surface area contributed by atoms with E-state index in [2.05, 4.69) is 0 Å². The summed E-state index contributed by atoms with van der Waals surface area (Å²) < 4.78 is 87.6. The Balaban J connectivity index is 2.36. The number of hydrogen-bond acceptors (Lipinski definition) is 10. The lowest BCUT2D eigenvalue weighted by molar-refractivity contribution is 0.205. The Morgan fingerprint density at radius 3 is 1.21 bits per heavy atom. The van der Waals surface area contributed by atoms with Gasteiger partial charge in [0.15, 0.2) is 0 Å². The summed E-state index contributed by atoms with van der Waals surface area (Å²) in [5.41, 5.74) is -0.290. The van der Waals surface area contributed by atoms with Crippen LogP contribution in [0.25, 0.3) is 0 Å². The number of aromatic hydroxyl groups is 2. The quantitative estimate of drug-likeness (QED) is 0.109. The van der Waals surface area contributed by atoms with Crippen LogP contribution < -0.4 is 0 Å². The minimum Gasteiger partial charge on any atom is -0.508 e. The molecule has 0 atom stereocenters. The third-order valence-corrected chi connectivity index (χ3v) is 8.22. The lowest BCUT2D eigenvalue weighted by Crippen LogP contribution is -2.36. The summed E-state index contributed by atoms with van der Waals surface area (Å²) in [6, 6.07) is 5.44. The van der Waals surface area contributed by atoms with Gasteiger partial charge in [0.1, 0.15) is 24.1 Å². The maximum absolute atomic E-state index is 11.7. The number of phenols is 2. The van der Waals surface area contributed by atoms with Gasteiger partial charge >= 0.3 is 15.2 Å². The highest BCUT2D eigenvalue weighted by atomic mass is 32.2. The number of rotatable bonds is 13. The van der Waals surface area contributed by atoms with Gasteiger partial charge in [0.05, 0.1) is 9.79 Å². The molecule has 0 radical (unpaired) electrons. The molecular formula is C18H26N2O14P2S2. The van der Waals surface area contributed by atoms with Crippen molar-refractivity contribution in [2.45, 2.75) is 22.9 Å². The van der Waals surface area contributed by atoms with E-state index in [0.717, 1.165) is 46.2 Å². The summed E-state index contributed by atoms with van der Waals surface area (Å²) >= 11 is 0. The molecule has 0 saturated carbocycles. The van der Waals surface area contributed by atoms with Crippen LogP contribution in [-0.2, 0) is 42.5 Å². The van der Waals surface area contributed by atoms with Crippen LogP contribution in [0.2, 0.25) is 0 Å². The smallest absolute Gasteiger partial charge is 0.339 e. The van der Waals surface area contributed by atoms with Crippen molar-refractivity contribution in [3.05, 3.63) is 47.5 Å². The summed E-state index contributed by atoms with van der Waals surface area (Å²) in [7, 11) is -18.8. The summed E-state index contributed by atoms with van der Waals surface area (Å²) in [5.74, 6) is -0.931. The molecule has 0 aliphatic heterocycles. The van der Waals surface area contributed by atoms with Gasteiger partial charge in [0.2, 0.25) is 0 Å². The molecule has 38 heavy (non-hydrogen) atoms. The molecule has 0 aliphatic carbocycles. The molecule has 0 bridgehead atoms. The van der Waals surface area contributed by atoms with E-state index in [4.69, 9.17) is 0 Å². The van der Waals surface area contributed by atoms with Gasteiger partial charge in [-0.3, -0.25) is 28.0 Å². The first-order valence-electron chi connectivity index (χ1n) is 10.3. The Hall–Kier alpha value is -1.92. The van der Waals surface area contributed by atoms with Crippen molar-refractivity contribution in [1.29, 1.82) is 0 Å². The van der Waals surface area contributed by atoms with Crippen molar-refractivity contribution in [1.82, 2.24) is 9.80 Å².